The lowest BCUT2D eigenvalue weighted by Gasteiger charge is -2.28. The quantitative estimate of drug-likeness (QED) is 0.681. The highest BCUT2D eigenvalue weighted by molar-refractivity contribution is 6.89. The van der Waals surface area contributed by atoms with Crippen LogP contribution >= 0.6 is 0 Å². The molecule has 0 amide bonds. The zero-order chi connectivity index (χ0) is 9.12. The maximum Gasteiger partial charge on any atom is 0.185 e. The van der Waals surface area contributed by atoms with Crippen LogP contribution in [0.25, 0.3) is 0 Å². The van der Waals surface area contributed by atoms with E-state index in [9.17, 15) is 0 Å². The number of hydrogen-bond acceptors (Lipinski definition) is 2. The zero-order valence-corrected chi connectivity index (χ0v) is 10.5. The molecule has 2 nitrogen and oxygen atoms in total. The highest BCUT2D eigenvalue weighted by Crippen LogP contribution is 2.19. The van der Waals surface area contributed by atoms with E-state index in [2.05, 4.69) is 26.2 Å². The number of rotatable bonds is 4. The Kier molecular flexibility index (Phi) is 9.88. The van der Waals surface area contributed by atoms with Gasteiger partial charge in [-0.2, -0.15) is 0 Å². The van der Waals surface area contributed by atoms with Crippen LogP contribution in [0.4, 0.5) is 0 Å². The molecule has 0 fully saturated rings. The van der Waals surface area contributed by atoms with Gasteiger partial charge in [-0.1, -0.05) is 14.9 Å². The summed E-state index contributed by atoms with van der Waals surface area (Å²) in [4.78, 5) is 0. The molecule has 0 aliphatic carbocycles. The second kappa shape index (κ2) is 6.76. The Labute approximate surface area is 86.9 Å². The summed E-state index contributed by atoms with van der Waals surface area (Å²) < 4.78 is 10.9. The molecule has 0 heterocycles. The van der Waals surface area contributed by atoms with E-state index < -0.39 is 16.6 Å². The molecule has 84 valence electrons. The highest BCUT2D eigenvalue weighted by Gasteiger charge is 2.33. The van der Waals surface area contributed by atoms with Crippen molar-refractivity contribution in [1.29, 1.82) is 0 Å². The second-order valence-electron chi connectivity index (χ2n) is 4.10. The Bertz CT molecular complexity index is 111. The molecule has 0 N–H and O–H groups in total. The monoisotopic (exact) mass is 224 g/mol. The highest BCUT2D eigenvalue weighted by atomic mass is 28.4. The van der Waals surface area contributed by atoms with Gasteiger partial charge < -0.3 is 8.85 Å². The Balaban J connectivity index is -0.000000500. The van der Waals surface area contributed by atoms with Crippen molar-refractivity contribution < 1.29 is 8.85 Å². The fraction of sp³-hybridized carbons (Fsp3) is 1.00. The third-order valence-corrected chi connectivity index (χ3v) is 11.0. The summed E-state index contributed by atoms with van der Waals surface area (Å²) in [6, 6.07) is 0. The van der Waals surface area contributed by atoms with Crippen molar-refractivity contribution in [2.75, 3.05) is 14.2 Å². The van der Waals surface area contributed by atoms with Gasteiger partial charge in [-0.25, -0.2) is 0 Å². The molecule has 0 rings (SSSR count). The van der Waals surface area contributed by atoms with Crippen molar-refractivity contribution >= 4 is 16.6 Å². The molecular formula is C9H28O2Si2. The first-order chi connectivity index (χ1) is 4.83. The van der Waals surface area contributed by atoms with Crippen LogP contribution in [0, 0.1) is 0 Å². The minimum Gasteiger partial charge on any atom is -0.421 e. The van der Waals surface area contributed by atoms with Gasteiger partial charge in [0.15, 0.2) is 16.6 Å². The van der Waals surface area contributed by atoms with Gasteiger partial charge in [0.2, 0.25) is 0 Å². The minimum atomic E-state index is -1.40. The van der Waals surface area contributed by atoms with Crippen molar-refractivity contribution in [1.82, 2.24) is 0 Å². The van der Waals surface area contributed by atoms with Crippen molar-refractivity contribution in [3.8, 4) is 0 Å². The molecule has 0 saturated heterocycles. The van der Waals surface area contributed by atoms with Gasteiger partial charge in [-0.3, -0.25) is 0 Å². The van der Waals surface area contributed by atoms with E-state index in [-0.39, 0.29) is 14.9 Å². The standard InChI is InChI=1S/C7H20O2Si2.2CH4/c1-8-10(3,4)7-11(5,6)9-2;;/h7H2,1-6H3;2*1H4. The fourth-order valence-electron chi connectivity index (χ4n) is 1.17. The topological polar surface area (TPSA) is 18.5 Å². The first-order valence-electron chi connectivity index (χ1n) is 3.93. The maximum absolute atomic E-state index is 5.47. The maximum atomic E-state index is 5.47. The minimum absolute atomic E-state index is 0. The summed E-state index contributed by atoms with van der Waals surface area (Å²) in [5, 5.41) is 0. The normalized spacial score (nSPS) is 11.5. The van der Waals surface area contributed by atoms with Gasteiger partial charge in [0.1, 0.15) is 0 Å². The predicted octanol–water partition coefficient (Wildman–Crippen LogP) is 3.50. The lowest BCUT2D eigenvalue weighted by atomic mass is 11.7. The van der Waals surface area contributed by atoms with Gasteiger partial charge in [0.05, 0.1) is 0 Å². The summed E-state index contributed by atoms with van der Waals surface area (Å²) in [5.74, 6) is 0. The Hall–Kier alpha value is 0.354. The van der Waals surface area contributed by atoms with Gasteiger partial charge in [0, 0.05) is 14.2 Å². The smallest absolute Gasteiger partial charge is 0.185 e. The predicted molar refractivity (Wildman–Crippen MR) is 67.3 cm³/mol. The molecular weight excluding hydrogens is 196 g/mol. The molecule has 0 aromatic carbocycles. The average molecular weight is 224 g/mol. The van der Waals surface area contributed by atoms with Crippen LogP contribution in [0.3, 0.4) is 0 Å². The van der Waals surface area contributed by atoms with Gasteiger partial charge in [-0.15, -0.1) is 0 Å². The Morgan fingerprint density at radius 1 is 0.769 bits per heavy atom. The van der Waals surface area contributed by atoms with Crippen LogP contribution in [0.15, 0.2) is 0 Å². The van der Waals surface area contributed by atoms with Gasteiger partial charge in [-0.05, 0) is 31.9 Å². The fourth-order valence-corrected chi connectivity index (χ4v) is 10.5. The molecule has 0 unspecified atom stereocenters. The van der Waals surface area contributed by atoms with Gasteiger partial charge in [0.25, 0.3) is 0 Å². The van der Waals surface area contributed by atoms with Gasteiger partial charge >= 0.3 is 0 Å². The number of hydrogen-bond donors (Lipinski definition) is 0. The molecule has 0 radical (unpaired) electrons. The van der Waals surface area contributed by atoms with Crippen LogP contribution in [-0.4, -0.2) is 30.9 Å². The molecule has 13 heavy (non-hydrogen) atoms. The zero-order valence-electron chi connectivity index (χ0n) is 8.52. The van der Waals surface area contributed by atoms with Crippen molar-refractivity contribution in [3.05, 3.63) is 0 Å². The van der Waals surface area contributed by atoms with E-state index in [4.69, 9.17) is 8.85 Å². The van der Waals surface area contributed by atoms with Crippen LogP contribution in [0.5, 0.6) is 0 Å². The SMILES string of the molecule is C.C.CO[Si](C)(C)C[Si](C)(C)OC. The van der Waals surface area contributed by atoms with Crippen LogP contribution in [0.1, 0.15) is 14.9 Å². The first kappa shape index (κ1) is 19.0. The molecule has 0 aliphatic rings. The summed E-state index contributed by atoms with van der Waals surface area (Å²) in [5.41, 5.74) is 1.17. The molecule has 4 heteroatoms. The molecule has 0 aromatic heterocycles. The molecule has 0 spiro atoms. The molecule has 0 bridgehead atoms. The Morgan fingerprint density at radius 3 is 1.15 bits per heavy atom. The van der Waals surface area contributed by atoms with E-state index in [1.165, 1.54) is 5.67 Å². The Morgan fingerprint density at radius 2 is 1.00 bits per heavy atom. The third-order valence-electron chi connectivity index (χ3n) is 1.96. The van der Waals surface area contributed by atoms with E-state index in [0.717, 1.165) is 0 Å². The molecule has 0 aromatic rings. The third kappa shape index (κ3) is 8.68. The van der Waals surface area contributed by atoms with Crippen molar-refractivity contribution in [2.24, 2.45) is 0 Å². The van der Waals surface area contributed by atoms with E-state index in [0.29, 0.717) is 0 Å². The van der Waals surface area contributed by atoms with Crippen LogP contribution in [-0.2, 0) is 8.85 Å². The lowest BCUT2D eigenvalue weighted by molar-refractivity contribution is 0.388. The second-order valence-corrected chi connectivity index (χ2v) is 13.4. The van der Waals surface area contributed by atoms with Crippen LogP contribution in [0.2, 0.25) is 31.9 Å². The van der Waals surface area contributed by atoms with Crippen LogP contribution < -0.4 is 0 Å². The summed E-state index contributed by atoms with van der Waals surface area (Å²) >= 11 is 0. The largest absolute Gasteiger partial charge is 0.421 e. The van der Waals surface area contributed by atoms with E-state index in [1.54, 1.807) is 0 Å². The van der Waals surface area contributed by atoms with Crippen molar-refractivity contribution in [3.63, 3.8) is 0 Å². The molecule has 0 atom stereocenters. The summed E-state index contributed by atoms with van der Waals surface area (Å²) in [6.07, 6.45) is 0. The summed E-state index contributed by atoms with van der Waals surface area (Å²) in [7, 11) is 0.830. The van der Waals surface area contributed by atoms with Crippen molar-refractivity contribution in [2.45, 2.75) is 46.7 Å². The lowest BCUT2D eigenvalue weighted by Crippen LogP contribution is -2.42. The molecule has 0 saturated carbocycles. The van der Waals surface area contributed by atoms with E-state index in [1.807, 2.05) is 14.2 Å². The summed E-state index contributed by atoms with van der Waals surface area (Å²) in [6.45, 7) is 8.95. The average Bonchev–Trinajstić information content (AvgIpc) is 1.86. The first-order valence-corrected chi connectivity index (χ1v) is 10.2. The van der Waals surface area contributed by atoms with E-state index >= 15 is 0 Å². The molecule has 0 aliphatic heterocycles.